The van der Waals surface area contributed by atoms with Gasteiger partial charge in [-0.15, -0.1) is 0 Å². The molecule has 0 aromatic rings. The van der Waals surface area contributed by atoms with Crippen molar-refractivity contribution in [3.05, 3.63) is 0 Å². The molecule has 98 valence electrons. The van der Waals surface area contributed by atoms with Gasteiger partial charge in [-0.25, -0.2) is 0 Å². The summed E-state index contributed by atoms with van der Waals surface area (Å²) < 4.78 is 5.01. The Morgan fingerprint density at radius 2 is 2.06 bits per heavy atom. The van der Waals surface area contributed by atoms with Gasteiger partial charge in [0.15, 0.2) is 0 Å². The van der Waals surface area contributed by atoms with E-state index < -0.39 is 0 Å². The van der Waals surface area contributed by atoms with Crippen molar-refractivity contribution in [1.82, 2.24) is 10.2 Å². The summed E-state index contributed by atoms with van der Waals surface area (Å²) in [6.45, 7) is 7.52. The molecule has 1 atom stereocenters. The van der Waals surface area contributed by atoms with E-state index in [2.05, 4.69) is 11.4 Å². The van der Waals surface area contributed by atoms with Crippen molar-refractivity contribution in [2.45, 2.75) is 39.3 Å². The number of nitrogens with one attached hydrogen (secondary N) is 1. The molecule has 5 heteroatoms. The molecule has 0 heterocycles. The van der Waals surface area contributed by atoms with Crippen molar-refractivity contribution in [3.63, 3.8) is 0 Å². The van der Waals surface area contributed by atoms with Gasteiger partial charge in [0.2, 0.25) is 5.91 Å². The highest BCUT2D eigenvalue weighted by atomic mass is 16.5. The number of hydrogen-bond donors (Lipinski definition) is 1. The van der Waals surface area contributed by atoms with Gasteiger partial charge in [0.25, 0.3) is 0 Å². The number of methoxy groups -OCH3 is 1. The zero-order valence-corrected chi connectivity index (χ0v) is 11.2. The number of nitrogens with zero attached hydrogens (tertiary/aromatic N) is 2. The lowest BCUT2D eigenvalue weighted by Gasteiger charge is -2.27. The van der Waals surface area contributed by atoms with Crippen LogP contribution in [0, 0.1) is 11.3 Å². The minimum absolute atomic E-state index is 0.00552. The molecule has 0 rings (SSSR count). The van der Waals surface area contributed by atoms with Gasteiger partial charge in [0.1, 0.15) is 0 Å². The van der Waals surface area contributed by atoms with E-state index in [1.54, 1.807) is 7.11 Å². The summed E-state index contributed by atoms with van der Waals surface area (Å²) in [5.41, 5.74) is 0. The second-order valence-electron chi connectivity index (χ2n) is 4.28. The normalized spacial score (nSPS) is 12.5. The van der Waals surface area contributed by atoms with Gasteiger partial charge in [-0.2, -0.15) is 5.26 Å². The highest BCUT2D eigenvalue weighted by molar-refractivity contribution is 5.81. The zero-order valence-electron chi connectivity index (χ0n) is 11.2. The summed E-state index contributed by atoms with van der Waals surface area (Å²) in [4.78, 5) is 13.8. The molecule has 5 nitrogen and oxygen atoms in total. The Hall–Kier alpha value is -1.12. The van der Waals surface area contributed by atoms with E-state index in [-0.39, 0.29) is 18.0 Å². The Bertz CT molecular complexity index is 261. The highest BCUT2D eigenvalue weighted by Gasteiger charge is 2.20. The minimum atomic E-state index is -0.235. The van der Waals surface area contributed by atoms with Crippen LogP contribution in [0.2, 0.25) is 0 Å². The predicted molar refractivity (Wildman–Crippen MR) is 66.4 cm³/mol. The zero-order chi connectivity index (χ0) is 13.3. The molecule has 0 aliphatic carbocycles. The number of hydrogen-bond acceptors (Lipinski definition) is 4. The summed E-state index contributed by atoms with van der Waals surface area (Å²) >= 11 is 0. The van der Waals surface area contributed by atoms with Gasteiger partial charge in [0, 0.05) is 32.7 Å². The maximum absolute atomic E-state index is 11.8. The lowest BCUT2D eigenvalue weighted by molar-refractivity contribution is -0.126. The number of ether oxygens (including phenoxy) is 1. The van der Waals surface area contributed by atoms with Crippen LogP contribution >= 0.6 is 0 Å². The first-order valence-corrected chi connectivity index (χ1v) is 5.93. The van der Waals surface area contributed by atoms with Crippen molar-refractivity contribution in [2.75, 3.05) is 26.8 Å². The Balaban J connectivity index is 4.33. The van der Waals surface area contributed by atoms with Gasteiger partial charge >= 0.3 is 0 Å². The maximum Gasteiger partial charge on any atom is 0.237 e. The standard InChI is InChI=1S/C12H23N3O2/c1-10(2)14-12(16)11(3)15(7-5-6-13)8-9-17-4/h10-11H,5,7-9H2,1-4H3,(H,14,16). The largest absolute Gasteiger partial charge is 0.383 e. The first-order chi connectivity index (χ1) is 8.02. The van der Waals surface area contributed by atoms with E-state index >= 15 is 0 Å². The summed E-state index contributed by atoms with van der Waals surface area (Å²) in [5, 5.41) is 11.5. The molecule has 0 aliphatic rings. The molecule has 0 aromatic carbocycles. The fraction of sp³-hybridized carbons (Fsp3) is 0.833. The molecule has 0 saturated carbocycles. The molecule has 0 radical (unpaired) electrons. The van der Waals surface area contributed by atoms with Gasteiger partial charge in [-0.3, -0.25) is 9.69 Å². The molecular weight excluding hydrogens is 218 g/mol. The highest BCUT2D eigenvalue weighted by Crippen LogP contribution is 2.01. The van der Waals surface area contributed by atoms with Gasteiger partial charge in [-0.05, 0) is 20.8 Å². The third-order valence-electron chi connectivity index (χ3n) is 2.45. The van der Waals surface area contributed by atoms with Crippen molar-refractivity contribution in [2.24, 2.45) is 0 Å². The van der Waals surface area contributed by atoms with Crippen LogP contribution in [0.15, 0.2) is 0 Å². The summed E-state index contributed by atoms with van der Waals surface area (Å²) in [7, 11) is 1.63. The Kier molecular flexibility index (Phi) is 8.38. The van der Waals surface area contributed by atoms with Gasteiger partial charge in [-0.1, -0.05) is 0 Å². The van der Waals surface area contributed by atoms with E-state index in [1.165, 1.54) is 0 Å². The molecular formula is C12H23N3O2. The number of carbonyl (C=O) groups is 1. The molecule has 17 heavy (non-hydrogen) atoms. The molecule has 1 amide bonds. The average Bonchev–Trinajstić information content (AvgIpc) is 2.27. The van der Waals surface area contributed by atoms with Crippen LogP contribution in [-0.2, 0) is 9.53 Å². The van der Waals surface area contributed by atoms with Crippen LogP contribution in [0.1, 0.15) is 27.2 Å². The molecule has 0 aromatic heterocycles. The Labute approximate surface area is 104 Å². The van der Waals surface area contributed by atoms with Crippen LogP contribution in [0.5, 0.6) is 0 Å². The average molecular weight is 241 g/mol. The van der Waals surface area contributed by atoms with Crippen molar-refractivity contribution < 1.29 is 9.53 Å². The van der Waals surface area contributed by atoms with Crippen LogP contribution in [-0.4, -0.2) is 49.7 Å². The second kappa shape index (κ2) is 8.97. The monoisotopic (exact) mass is 241 g/mol. The van der Waals surface area contributed by atoms with Crippen LogP contribution in [0.4, 0.5) is 0 Å². The third kappa shape index (κ3) is 6.93. The molecule has 0 saturated heterocycles. The number of amides is 1. The van der Waals surface area contributed by atoms with Crippen molar-refractivity contribution >= 4 is 5.91 Å². The second-order valence-corrected chi connectivity index (χ2v) is 4.28. The first-order valence-electron chi connectivity index (χ1n) is 5.93. The molecule has 0 spiro atoms. The lowest BCUT2D eigenvalue weighted by Crippen LogP contribution is -2.48. The van der Waals surface area contributed by atoms with Gasteiger partial charge in [0.05, 0.1) is 18.7 Å². The summed E-state index contributed by atoms with van der Waals surface area (Å²) in [5.74, 6) is -0.00552. The van der Waals surface area contributed by atoms with E-state index in [9.17, 15) is 4.79 Å². The van der Waals surface area contributed by atoms with Crippen LogP contribution < -0.4 is 5.32 Å². The van der Waals surface area contributed by atoms with E-state index in [1.807, 2.05) is 25.7 Å². The van der Waals surface area contributed by atoms with E-state index in [4.69, 9.17) is 10.00 Å². The molecule has 0 bridgehead atoms. The first kappa shape index (κ1) is 15.9. The molecule has 1 N–H and O–H groups in total. The van der Waals surface area contributed by atoms with E-state index in [0.29, 0.717) is 26.1 Å². The maximum atomic E-state index is 11.8. The minimum Gasteiger partial charge on any atom is -0.383 e. The SMILES string of the molecule is COCCN(CCC#N)C(C)C(=O)NC(C)C. The quantitative estimate of drug-likeness (QED) is 0.681. The van der Waals surface area contributed by atoms with Crippen LogP contribution in [0.3, 0.4) is 0 Å². The smallest absolute Gasteiger partial charge is 0.237 e. The molecule has 0 aliphatic heterocycles. The number of rotatable bonds is 8. The Morgan fingerprint density at radius 1 is 1.41 bits per heavy atom. The number of nitriles is 1. The fourth-order valence-electron chi connectivity index (χ4n) is 1.47. The summed E-state index contributed by atoms with van der Waals surface area (Å²) in [6.07, 6.45) is 0.420. The topological polar surface area (TPSA) is 65.4 Å². The lowest BCUT2D eigenvalue weighted by atomic mass is 10.2. The molecule has 0 fully saturated rings. The van der Waals surface area contributed by atoms with Crippen molar-refractivity contribution in [1.29, 1.82) is 5.26 Å². The summed E-state index contributed by atoms with van der Waals surface area (Å²) in [6, 6.07) is 1.99. The van der Waals surface area contributed by atoms with Gasteiger partial charge < -0.3 is 10.1 Å². The third-order valence-corrected chi connectivity index (χ3v) is 2.45. The molecule has 1 unspecified atom stereocenters. The van der Waals surface area contributed by atoms with E-state index in [0.717, 1.165) is 0 Å². The fourth-order valence-corrected chi connectivity index (χ4v) is 1.47. The Morgan fingerprint density at radius 3 is 2.53 bits per heavy atom. The number of carbonyl (C=O) groups excluding carboxylic acids is 1. The van der Waals surface area contributed by atoms with Crippen LogP contribution in [0.25, 0.3) is 0 Å². The van der Waals surface area contributed by atoms with Crippen molar-refractivity contribution in [3.8, 4) is 6.07 Å². The predicted octanol–water partition coefficient (Wildman–Crippen LogP) is 0.762.